The minimum atomic E-state index is 0.184. The molecule has 1 fully saturated rings. The molecule has 146 valence electrons. The van der Waals surface area contributed by atoms with Crippen LogP contribution in [0.25, 0.3) is 16.6 Å². The lowest BCUT2D eigenvalue weighted by Crippen LogP contribution is -2.34. The smallest absolute Gasteiger partial charge is 0.179 e. The Hall–Kier alpha value is -2.11. The Bertz CT molecular complexity index is 1000. The van der Waals surface area contributed by atoms with E-state index >= 15 is 0 Å². The van der Waals surface area contributed by atoms with Crippen molar-refractivity contribution in [1.29, 1.82) is 0 Å². The molecule has 3 aromatic rings. The molecule has 1 aliphatic heterocycles. The zero-order valence-electron chi connectivity index (χ0n) is 16.4. The molecule has 1 saturated heterocycles. The summed E-state index contributed by atoms with van der Waals surface area (Å²) in [6, 6.07) is 14.2. The zero-order valence-corrected chi connectivity index (χ0v) is 18.0. The van der Waals surface area contributed by atoms with Crippen LogP contribution in [0, 0.1) is 6.92 Å². The monoisotopic (exact) mass is 440 g/mol. The Morgan fingerprint density at radius 3 is 2.50 bits per heavy atom. The van der Waals surface area contributed by atoms with Crippen LogP contribution >= 0.6 is 15.9 Å². The molecule has 2 aromatic carbocycles. The van der Waals surface area contributed by atoms with Gasteiger partial charge in [-0.25, -0.2) is 0 Å². The van der Waals surface area contributed by atoms with Crippen LogP contribution in [0.2, 0.25) is 0 Å². The maximum atomic E-state index is 13.4. The highest BCUT2D eigenvalue weighted by molar-refractivity contribution is 9.10. The van der Waals surface area contributed by atoms with Crippen molar-refractivity contribution in [3.8, 4) is 11.4 Å². The van der Waals surface area contributed by atoms with Crippen LogP contribution in [-0.2, 0) is 0 Å². The molecule has 28 heavy (non-hydrogen) atoms. The van der Waals surface area contributed by atoms with Gasteiger partial charge in [-0.2, -0.15) is 0 Å². The second-order valence-electron chi connectivity index (χ2n) is 7.40. The summed E-state index contributed by atoms with van der Waals surface area (Å²) in [6.45, 7) is 4.54. The standard InChI is InChI=1S/C23H25BrN2O2/c1-16-23(21(27)15-25-11-7-4-8-12-25)18-13-22(28-2)19(24)14-20(18)26(16)17-9-5-3-6-10-17/h3,5-6,9-10,13-14H,4,7-8,11-12,15H2,1-2H3. The number of benzene rings is 2. The fourth-order valence-electron chi connectivity index (χ4n) is 4.23. The van der Waals surface area contributed by atoms with Crippen LogP contribution in [0.4, 0.5) is 0 Å². The first-order valence-electron chi connectivity index (χ1n) is 9.79. The number of piperidine rings is 1. The lowest BCUT2D eigenvalue weighted by atomic mass is 10.0. The van der Waals surface area contributed by atoms with Gasteiger partial charge in [-0.1, -0.05) is 24.6 Å². The summed E-state index contributed by atoms with van der Waals surface area (Å²) in [5.74, 6) is 0.924. The average molecular weight is 441 g/mol. The molecule has 0 spiro atoms. The number of ether oxygens (including phenoxy) is 1. The summed E-state index contributed by atoms with van der Waals surface area (Å²) in [5.41, 5.74) is 3.84. The molecule has 0 N–H and O–H groups in total. The Labute approximate surface area is 174 Å². The van der Waals surface area contributed by atoms with E-state index in [4.69, 9.17) is 4.74 Å². The van der Waals surface area contributed by atoms with Crippen LogP contribution in [0.15, 0.2) is 46.9 Å². The Morgan fingerprint density at radius 1 is 1.11 bits per heavy atom. The fourth-order valence-corrected chi connectivity index (χ4v) is 4.73. The number of aromatic nitrogens is 1. The van der Waals surface area contributed by atoms with Crippen molar-refractivity contribution in [3.05, 3.63) is 58.2 Å². The number of nitrogens with zero attached hydrogens (tertiary/aromatic N) is 2. The van der Waals surface area contributed by atoms with Crippen molar-refractivity contribution in [2.45, 2.75) is 26.2 Å². The number of rotatable bonds is 5. The Morgan fingerprint density at radius 2 is 1.82 bits per heavy atom. The van der Waals surface area contributed by atoms with Crippen molar-refractivity contribution in [3.63, 3.8) is 0 Å². The van der Waals surface area contributed by atoms with E-state index in [1.54, 1.807) is 7.11 Å². The van der Waals surface area contributed by atoms with Gasteiger partial charge in [-0.3, -0.25) is 9.69 Å². The summed E-state index contributed by atoms with van der Waals surface area (Å²) in [5, 5.41) is 0.948. The molecule has 0 atom stereocenters. The summed E-state index contributed by atoms with van der Waals surface area (Å²) in [6.07, 6.45) is 3.62. The molecule has 2 heterocycles. The molecule has 0 aliphatic carbocycles. The quantitative estimate of drug-likeness (QED) is 0.499. The van der Waals surface area contributed by atoms with Crippen molar-refractivity contribution in [2.24, 2.45) is 0 Å². The predicted molar refractivity (Wildman–Crippen MR) is 117 cm³/mol. The van der Waals surface area contributed by atoms with Gasteiger partial charge in [0.25, 0.3) is 0 Å². The fraction of sp³-hybridized carbons (Fsp3) is 0.348. The molecule has 0 unspecified atom stereocenters. The summed E-state index contributed by atoms with van der Waals surface area (Å²) >= 11 is 3.60. The van der Waals surface area contributed by atoms with Crippen LogP contribution < -0.4 is 4.74 Å². The van der Waals surface area contributed by atoms with E-state index < -0.39 is 0 Å². The Balaban J connectivity index is 1.87. The Kier molecular flexibility index (Phi) is 5.56. The SMILES string of the molecule is COc1cc2c(C(=O)CN3CCCCC3)c(C)n(-c3ccccc3)c2cc1Br. The second kappa shape index (κ2) is 8.10. The number of methoxy groups -OCH3 is 1. The summed E-state index contributed by atoms with van der Waals surface area (Å²) < 4.78 is 8.57. The number of carbonyl (C=O) groups is 1. The molecular weight excluding hydrogens is 416 g/mol. The number of halogens is 1. The van der Waals surface area contributed by atoms with Crippen LogP contribution in [0.3, 0.4) is 0 Å². The van der Waals surface area contributed by atoms with E-state index in [-0.39, 0.29) is 5.78 Å². The molecule has 5 heteroatoms. The van der Waals surface area contributed by atoms with Crippen LogP contribution in [0.1, 0.15) is 35.3 Å². The number of ketones is 1. The number of hydrogen-bond donors (Lipinski definition) is 0. The van der Waals surface area contributed by atoms with E-state index in [1.165, 1.54) is 19.3 Å². The second-order valence-corrected chi connectivity index (χ2v) is 8.25. The first-order valence-corrected chi connectivity index (χ1v) is 10.6. The highest BCUT2D eigenvalue weighted by atomic mass is 79.9. The lowest BCUT2D eigenvalue weighted by Gasteiger charge is -2.25. The maximum absolute atomic E-state index is 13.4. The minimum Gasteiger partial charge on any atom is -0.496 e. The molecule has 0 bridgehead atoms. The maximum Gasteiger partial charge on any atom is 0.179 e. The molecule has 0 radical (unpaired) electrons. The molecule has 0 saturated carbocycles. The topological polar surface area (TPSA) is 34.5 Å². The summed E-state index contributed by atoms with van der Waals surface area (Å²) in [7, 11) is 1.65. The van der Waals surface area contributed by atoms with Gasteiger partial charge in [0.15, 0.2) is 5.78 Å². The number of likely N-dealkylation sites (tertiary alicyclic amines) is 1. The summed E-state index contributed by atoms with van der Waals surface area (Å²) in [4.78, 5) is 15.7. The van der Waals surface area contributed by atoms with Gasteiger partial charge in [0, 0.05) is 22.3 Å². The van der Waals surface area contributed by atoms with Crippen molar-refractivity contribution in [2.75, 3.05) is 26.7 Å². The van der Waals surface area contributed by atoms with Crippen molar-refractivity contribution in [1.82, 2.24) is 9.47 Å². The van der Waals surface area contributed by atoms with Gasteiger partial charge in [0.05, 0.1) is 23.6 Å². The number of carbonyl (C=O) groups excluding carboxylic acids is 1. The van der Waals surface area contributed by atoms with E-state index in [0.717, 1.165) is 51.2 Å². The van der Waals surface area contributed by atoms with E-state index in [0.29, 0.717) is 6.54 Å². The van der Waals surface area contributed by atoms with E-state index in [1.807, 2.05) is 37.3 Å². The van der Waals surface area contributed by atoms with Crippen LogP contribution in [-0.4, -0.2) is 42.0 Å². The number of hydrogen-bond acceptors (Lipinski definition) is 3. The zero-order chi connectivity index (χ0) is 19.7. The first kappa shape index (κ1) is 19.2. The third-order valence-electron chi connectivity index (χ3n) is 5.59. The van der Waals surface area contributed by atoms with Gasteiger partial charge in [-0.15, -0.1) is 0 Å². The molecule has 1 aliphatic rings. The molecule has 4 rings (SSSR count). The van der Waals surface area contributed by atoms with E-state index in [2.05, 4.69) is 37.5 Å². The van der Waals surface area contributed by atoms with E-state index in [9.17, 15) is 4.79 Å². The molecule has 0 amide bonds. The van der Waals surface area contributed by atoms with Crippen LogP contribution in [0.5, 0.6) is 5.75 Å². The van der Waals surface area contributed by atoms with Gasteiger partial charge >= 0.3 is 0 Å². The molecule has 1 aromatic heterocycles. The van der Waals surface area contributed by atoms with Gasteiger partial charge in [0.2, 0.25) is 0 Å². The number of fused-ring (bicyclic) bond motifs is 1. The van der Waals surface area contributed by atoms with Gasteiger partial charge in [-0.05, 0) is 73.1 Å². The van der Waals surface area contributed by atoms with Crippen molar-refractivity contribution >= 4 is 32.6 Å². The highest BCUT2D eigenvalue weighted by Gasteiger charge is 2.24. The normalized spacial score (nSPS) is 15.1. The lowest BCUT2D eigenvalue weighted by molar-refractivity contribution is 0.0916. The number of para-hydroxylation sites is 1. The largest absolute Gasteiger partial charge is 0.496 e. The third-order valence-corrected chi connectivity index (χ3v) is 6.21. The molecule has 4 nitrogen and oxygen atoms in total. The minimum absolute atomic E-state index is 0.184. The average Bonchev–Trinajstić information content (AvgIpc) is 2.99. The molecular formula is C23H25BrN2O2. The number of Topliss-reactive ketones (excluding diaryl/α,β-unsaturated/α-hetero) is 1. The third kappa shape index (κ3) is 3.49. The van der Waals surface area contributed by atoms with Crippen molar-refractivity contribution < 1.29 is 9.53 Å². The van der Waals surface area contributed by atoms with Gasteiger partial charge in [0.1, 0.15) is 5.75 Å². The highest BCUT2D eigenvalue weighted by Crippen LogP contribution is 2.36. The van der Waals surface area contributed by atoms with Gasteiger partial charge < -0.3 is 9.30 Å². The first-order chi connectivity index (χ1) is 13.6. The predicted octanol–water partition coefficient (Wildman–Crippen LogP) is 5.38.